The largest absolute Gasteiger partial charge is 0.487 e. The number of rotatable bonds is 10. The molecule has 30 heavy (non-hydrogen) atoms. The summed E-state index contributed by atoms with van der Waals surface area (Å²) in [7, 11) is 0. The Morgan fingerprint density at radius 2 is 1.97 bits per heavy atom. The predicted octanol–water partition coefficient (Wildman–Crippen LogP) is 3.87. The van der Waals surface area contributed by atoms with E-state index in [0.29, 0.717) is 30.9 Å². The molecule has 0 radical (unpaired) electrons. The van der Waals surface area contributed by atoms with Gasteiger partial charge in [-0.2, -0.15) is 0 Å². The van der Waals surface area contributed by atoms with Crippen LogP contribution < -0.4 is 10.1 Å². The van der Waals surface area contributed by atoms with Crippen molar-refractivity contribution in [1.82, 2.24) is 10.3 Å². The minimum absolute atomic E-state index is 0.191. The van der Waals surface area contributed by atoms with Crippen molar-refractivity contribution >= 4 is 23.2 Å². The summed E-state index contributed by atoms with van der Waals surface area (Å²) in [5, 5.41) is 4.76. The summed E-state index contributed by atoms with van der Waals surface area (Å²) in [6.45, 7) is 2.61. The Balaban J connectivity index is 1.60. The molecule has 0 fully saturated rings. The highest BCUT2D eigenvalue weighted by Crippen LogP contribution is 2.16. The molecule has 0 aliphatic rings. The van der Waals surface area contributed by atoms with Crippen LogP contribution in [-0.2, 0) is 22.6 Å². The molecule has 2 aromatic carbocycles. The fraction of sp³-hybridized carbons (Fsp3) is 0.261. The molecular formula is C23H24N2O4S. The first-order valence-corrected chi connectivity index (χ1v) is 10.7. The molecule has 1 N–H and O–H groups in total. The third-order valence-electron chi connectivity index (χ3n) is 4.42. The van der Waals surface area contributed by atoms with E-state index in [2.05, 4.69) is 10.3 Å². The highest BCUT2D eigenvalue weighted by Gasteiger charge is 2.21. The normalized spacial score (nSPS) is 11.5. The van der Waals surface area contributed by atoms with E-state index < -0.39 is 5.92 Å². The van der Waals surface area contributed by atoms with E-state index >= 15 is 0 Å². The average Bonchev–Trinajstić information content (AvgIpc) is 3.30. The average molecular weight is 425 g/mol. The molecule has 7 heteroatoms. The summed E-state index contributed by atoms with van der Waals surface area (Å²) in [4.78, 5) is 29.2. The molecule has 0 saturated carbocycles. The number of hydrogen-bond acceptors (Lipinski definition) is 6. The second-order valence-electron chi connectivity index (χ2n) is 6.65. The Labute approximate surface area is 179 Å². The van der Waals surface area contributed by atoms with Gasteiger partial charge in [-0.15, -0.1) is 11.3 Å². The molecule has 3 aromatic rings. The highest BCUT2D eigenvalue weighted by molar-refractivity contribution is 7.07. The van der Waals surface area contributed by atoms with Gasteiger partial charge in [0.1, 0.15) is 12.4 Å². The van der Waals surface area contributed by atoms with E-state index in [4.69, 9.17) is 9.47 Å². The van der Waals surface area contributed by atoms with Crippen LogP contribution >= 0.6 is 11.3 Å². The molecule has 1 heterocycles. The number of thiazole rings is 1. The van der Waals surface area contributed by atoms with Gasteiger partial charge in [0.15, 0.2) is 0 Å². The third-order valence-corrected chi connectivity index (χ3v) is 5.06. The van der Waals surface area contributed by atoms with Crippen LogP contribution in [0.4, 0.5) is 0 Å². The molecule has 0 aliphatic carbocycles. The summed E-state index contributed by atoms with van der Waals surface area (Å²) in [6, 6.07) is 16.6. The quantitative estimate of drug-likeness (QED) is 0.500. The second kappa shape index (κ2) is 11.1. The van der Waals surface area contributed by atoms with Crippen LogP contribution in [0.2, 0.25) is 0 Å². The monoisotopic (exact) mass is 424 g/mol. The van der Waals surface area contributed by atoms with Crippen molar-refractivity contribution in [1.29, 1.82) is 0 Å². The lowest BCUT2D eigenvalue weighted by atomic mass is 9.99. The van der Waals surface area contributed by atoms with Gasteiger partial charge in [0.05, 0.1) is 23.7 Å². The van der Waals surface area contributed by atoms with Crippen molar-refractivity contribution in [2.24, 2.45) is 5.92 Å². The number of amides is 1. The van der Waals surface area contributed by atoms with Crippen LogP contribution in [0.15, 0.2) is 65.5 Å². The van der Waals surface area contributed by atoms with Crippen LogP contribution in [0.5, 0.6) is 5.75 Å². The van der Waals surface area contributed by atoms with Crippen LogP contribution in [0.1, 0.15) is 28.5 Å². The smallest absolute Gasteiger partial charge is 0.311 e. The van der Waals surface area contributed by atoms with E-state index in [0.717, 1.165) is 11.3 Å². The molecule has 1 unspecified atom stereocenters. The van der Waals surface area contributed by atoms with E-state index in [1.54, 1.807) is 36.7 Å². The number of hydrogen-bond donors (Lipinski definition) is 1. The van der Waals surface area contributed by atoms with Crippen molar-refractivity contribution in [3.8, 4) is 5.75 Å². The van der Waals surface area contributed by atoms with Crippen LogP contribution in [0.25, 0.3) is 0 Å². The minimum atomic E-state index is -0.458. The summed E-state index contributed by atoms with van der Waals surface area (Å²) < 4.78 is 10.9. The van der Waals surface area contributed by atoms with Gasteiger partial charge in [-0.05, 0) is 37.1 Å². The number of nitrogens with zero attached hydrogens (tertiary/aromatic N) is 1. The molecule has 3 rings (SSSR count). The Morgan fingerprint density at radius 1 is 1.13 bits per heavy atom. The molecule has 1 aromatic heterocycles. The maximum Gasteiger partial charge on any atom is 0.311 e. The molecule has 6 nitrogen and oxygen atoms in total. The number of aromatic nitrogens is 1. The number of nitrogens with one attached hydrogen (secondary N) is 1. The Kier molecular flexibility index (Phi) is 7.97. The number of esters is 1. The van der Waals surface area contributed by atoms with Gasteiger partial charge in [-0.3, -0.25) is 9.59 Å². The number of carbonyl (C=O) groups is 2. The lowest BCUT2D eigenvalue weighted by Gasteiger charge is -2.16. The standard InChI is InChI=1S/C23H24N2O4S/c1-2-28-23(27)19(11-17-7-4-3-5-8-17)13-24-22(26)18-9-6-10-21(12-18)29-14-20-15-30-16-25-20/h3-10,12,15-16,19H,2,11,13-14H2,1H3,(H,24,26). The van der Waals surface area contributed by atoms with Crippen LogP contribution in [0, 0.1) is 5.92 Å². The maximum absolute atomic E-state index is 12.6. The Morgan fingerprint density at radius 3 is 2.70 bits per heavy atom. The second-order valence-corrected chi connectivity index (χ2v) is 7.36. The van der Waals surface area contributed by atoms with Crippen LogP contribution in [0.3, 0.4) is 0 Å². The Hall–Kier alpha value is -3.19. The maximum atomic E-state index is 12.6. The van der Waals surface area contributed by atoms with Gasteiger partial charge in [0.25, 0.3) is 5.91 Å². The van der Waals surface area contributed by atoms with Gasteiger partial charge in [0, 0.05) is 17.5 Å². The first kappa shape index (κ1) is 21.5. The van der Waals surface area contributed by atoms with Gasteiger partial charge >= 0.3 is 5.97 Å². The fourth-order valence-corrected chi connectivity index (χ4v) is 3.45. The molecule has 1 amide bonds. The first-order valence-electron chi connectivity index (χ1n) is 9.74. The van der Waals surface area contributed by atoms with Crippen molar-refractivity contribution in [3.63, 3.8) is 0 Å². The third kappa shape index (κ3) is 6.42. The zero-order valence-electron chi connectivity index (χ0n) is 16.7. The van der Waals surface area contributed by atoms with Gasteiger partial charge in [-0.1, -0.05) is 36.4 Å². The summed E-state index contributed by atoms with van der Waals surface area (Å²) in [5.41, 5.74) is 4.07. The summed E-state index contributed by atoms with van der Waals surface area (Å²) >= 11 is 1.51. The molecular weight excluding hydrogens is 400 g/mol. The topological polar surface area (TPSA) is 77.5 Å². The zero-order chi connectivity index (χ0) is 21.2. The van der Waals surface area contributed by atoms with E-state index in [-0.39, 0.29) is 18.4 Å². The Bertz CT molecular complexity index is 945. The van der Waals surface area contributed by atoms with E-state index in [1.165, 1.54) is 11.3 Å². The SMILES string of the molecule is CCOC(=O)C(CNC(=O)c1cccc(OCc2cscn2)c1)Cc1ccccc1. The van der Waals surface area contributed by atoms with E-state index in [9.17, 15) is 9.59 Å². The number of benzene rings is 2. The number of carbonyl (C=O) groups excluding carboxylic acids is 2. The van der Waals surface area contributed by atoms with Crippen molar-refractivity contribution in [3.05, 3.63) is 82.3 Å². The summed E-state index contributed by atoms with van der Waals surface area (Å²) in [5.74, 6) is -0.458. The highest BCUT2D eigenvalue weighted by atomic mass is 32.1. The molecule has 156 valence electrons. The molecule has 0 bridgehead atoms. The molecule has 0 aliphatic heterocycles. The summed E-state index contributed by atoms with van der Waals surface area (Å²) in [6.07, 6.45) is 0.497. The number of ether oxygens (including phenoxy) is 2. The molecule has 0 spiro atoms. The lowest BCUT2D eigenvalue weighted by molar-refractivity contribution is -0.147. The zero-order valence-corrected chi connectivity index (χ0v) is 17.6. The minimum Gasteiger partial charge on any atom is -0.487 e. The first-order chi connectivity index (χ1) is 14.7. The lowest BCUT2D eigenvalue weighted by Crippen LogP contribution is -2.35. The van der Waals surface area contributed by atoms with Gasteiger partial charge in [0.2, 0.25) is 0 Å². The van der Waals surface area contributed by atoms with Gasteiger partial charge < -0.3 is 14.8 Å². The van der Waals surface area contributed by atoms with Crippen molar-refractivity contribution < 1.29 is 19.1 Å². The van der Waals surface area contributed by atoms with E-state index in [1.807, 2.05) is 35.7 Å². The fourth-order valence-electron chi connectivity index (χ4n) is 2.91. The van der Waals surface area contributed by atoms with Crippen molar-refractivity contribution in [2.45, 2.75) is 20.0 Å². The van der Waals surface area contributed by atoms with Gasteiger partial charge in [-0.25, -0.2) is 4.98 Å². The molecule has 0 saturated heterocycles. The van der Waals surface area contributed by atoms with Crippen molar-refractivity contribution in [2.75, 3.05) is 13.2 Å². The molecule has 1 atom stereocenters. The predicted molar refractivity (Wildman–Crippen MR) is 115 cm³/mol. The van der Waals surface area contributed by atoms with Crippen LogP contribution in [-0.4, -0.2) is 30.0 Å².